The highest BCUT2D eigenvalue weighted by Crippen LogP contribution is 2.35. The first-order chi connectivity index (χ1) is 9.07. The molecule has 5 heteroatoms. The third-order valence-electron chi connectivity index (χ3n) is 4.43. The van der Waals surface area contributed by atoms with Gasteiger partial charge < -0.3 is 10.0 Å². The van der Waals surface area contributed by atoms with E-state index in [0.717, 1.165) is 38.9 Å². The number of aliphatic carboxylic acids is 1. The average molecular weight is 268 g/mol. The van der Waals surface area contributed by atoms with Gasteiger partial charge in [-0.15, -0.1) is 0 Å². The Labute approximate surface area is 114 Å². The molecule has 1 atom stereocenters. The second kappa shape index (κ2) is 5.90. The molecule has 1 unspecified atom stereocenters. The minimum absolute atomic E-state index is 0.162. The van der Waals surface area contributed by atoms with Crippen molar-refractivity contribution in [3.8, 4) is 0 Å². The molecule has 108 valence electrons. The van der Waals surface area contributed by atoms with Crippen LogP contribution in [0.2, 0.25) is 0 Å². The number of carbonyl (C=O) groups excluding carboxylic acids is 1. The van der Waals surface area contributed by atoms with Crippen molar-refractivity contribution in [1.29, 1.82) is 0 Å². The summed E-state index contributed by atoms with van der Waals surface area (Å²) in [5, 5.41) is 9.44. The van der Waals surface area contributed by atoms with Gasteiger partial charge in [0.25, 0.3) is 0 Å². The van der Waals surface area contributed by atoms with Gasteiger partial charge in [0.15, 0.2) is 0 Å². The van der Waals surface area contributed by atoms with Gasteiger partial charge in [-0.2, -0.15) is 0 Å². The van der Waals surface area contributed by atoms with Gasteiger partial charge in [0.2, 0.25) is 5.91 Å². The predicted molar refractivity (Wildman–Crippen MR) is 71.8 cm³/mol. The minimum atomic E-state index is -0.703. The number of amides is 1. The summed E-state index contributed by atoms with van der Waals surface area (Å²) in [6.07, 6.45) is 4.45. The van der Waals surface area contributed by atoms with Gasteiger partial charge in [0.1, 0.15) is 0 Å². The topological polar surface area (TPSA) is 60.9 Å². The van der Waals surface area contributed by atoms with Crippen molar-refractivity contribution in [2.75, 3.05) is 32.7 Å². The number of nitrogens with zero attached hydrogens (tertiary/aromatic N) is 2. The van der Waals surface area contributed by atoms with Crippen LogP contribution in [0.25, 0.3) is 0 Å². The van der Waals surface area contributed by atoms with Gasteiger partial charge in [0.05, 0.1) is 12.0 Å². The molecule has 0 aromatic carbocycles. The van der Waals surface area contributed by atoms with Crippen molar-refractivity contribution in [2.45, 2.75) is 39.0 Å². The second-order valence-corrected chi connectivity index (χ2v) is 5.88. The van der Waals surface area contributed by atoms with Gasteiger partial charge in [-0.25, -0.2) is 0 Å². The molecular formula is C14H24N2O3. The Morgan fingerprint density at radius 3 is 2.47 bits per heavy atom. The number of hydrogen-bond donors (Lipinski definition) is 1. The lowest BCUT2D eigenvalue weighted by molar-refractivity contribution is -0.149. The molecule has 0 aromatic rings. The van der Waals surface area contributed by atoms with Crippen molar-refractivity contribution in [2.24, 2.45) is 5.41 Å². The van der Waals surface area contributed by atoms with E-state index in [1.54, 1.807) is 0 Å². The zero-order chi connectivity index (χ0) is 13.9. The van der Waals surface area contributed by atoms with Crippen molar-refractivity contribution in [3.05, 3.63) is 0 Å². The molecule has 0 saturated carbocycles. The van der Waals surface area contributed by atoms with E-state index in [-0.39, 0.29) is 5.91 Å². The number of hydrogen-bond acceptors (Lipinski definition) is 3. The molecule has 0 aromatic heterocycles. The summed E-state index contributed by atoms with van der Waals surface area (Å²) < 4.78 is 0. The number of carboxylic acids is 1. The maximum Gasteiger partial charge on any atom is 0.310 e. The van der Waals surface area contributed by atoms with Crippen LogP contribution in [-0.2, 0) is 9.59 Å². The van der Waals surface area contributed by atoms with E-state index in [4.69, 9.17) is 0 Å². The summed E-state index contributed by atoms with van der Waals surface area (Å²) in [6.45, 7) is 5.39. The van der Waals surface area contributed by atoms with Crippen molar-refractivity contribution in [3.63, 3.8) is 0 Å². The molecule has 2 aliphatic rings. The fourth-order valence-corrected chi connectivity index (χ4v) is 3.32. The largest absolute Gasteiger partial charge is 0.481 e. The van der Waals surface area contributed by atoms with Gasteiger partial charge in [-0.05, 0) is 32.2 Å². The standard InChI is InChI=1S/C14H24N2O3/c1-2-5-14(13(18)19)6-9-15(11-14)10-12(17)16-7-3-4-8-16/h2-11H2,1H3,(H,18,19). The normalized spacial score (nSPS) is 27.9. The molecule has 2 aliphatic heterocycles. The maximum atomic E-state index is 12.1. The number of rotatable bonds is 5. The highest BCUT2D eigenvalue weighted by molar-refractivity contribution is 5.79. The van der Waals surface area contributed by atoms with Gasteiger partial charge in [-0.1, -0.05) is 13.3 Å². The molecule has 2 rings (SSSR count). The fraction of sp³-hybridized carbons (Fsp3) is 0.857. The summed E-state index contributed by atoms with van der Waals surface area (Å²) in [5.41, 5.74) is -0.625. The molecule has 2 saturated heterocycles. The lowest BCUT2D eigenvalue weighted by Crippen LogP contribution is -2.40. The van der Waals surface area contributed by atoms with E-state index in [1.165, 1.54) is 0 Å². The summed E-state index contributed by atoms with van der Waals surface area (Å²) >= 11 is 0. The van der Waals surface area contributed by atoms with Crippen LogP contribution in [0.5, 0.6) is 0 Å². The molecular weight excluding hydrogens is 244 g/mol. The first-order valence-electron chi connectivity index (χ1n) is 7.31. The molecule has 0 bridgehead atoms. The smallest absolute Gasteiger partial charge is 0.310 e. The van der Waals surface area contributed by atoms with Gasteiger partial charge in [0, 0.05) is 19.6 Å². The number of likely N-dealkylation sites (tertiary alicyclic amines) is 2. The quantitative estimate of drug-likeness (QED) is 0.813. The Morgan fingerprint density at radius 2 is 1.89 bits per heavy atom. The molecule has 1 amide bonds. The zero-order valence-corrected chi connectivity index (χ0v) is 11.7. The van der Waals surface area contributed by atoms with E-state index in [0.29, 0.717) is 25.9 Å². The molecule has 5 nitrogen and oxygen atoms in total. The third kappa shape index (κ3) is 3.08. The highest BCUT2D eigenvalue weighted by atomic mass is 16.4. The van der Waals surface area contributed by atoms with Crippen LogP contribution in [0.3, 0.4) is 0 Å². The first-order valence-corrected chi connectivity index (χ1v) is 7.31. The molecule has 0 spiro atoms. The Bertz CT molecular complexity index is 353. The summed E-state index contributed by atoms with van der Waals surface area (Å²) in [4.78, 5) is 27.5. The highest BCUT2D eigenvalue weighted by Gasteiger charge is 2.44. The van der Waals surface area contributed by atoms with Gasteiger partial charge >= 0.3 is 5.97 Å². The predicted octanol–water partition coefficient (Wildman–Crippen LogP) is 1.19. The van der Waals surface area contributed by atoms with Crippen LogP contribution in [0.4, 0.5) is 0 Å². The van der Waals surface area contributed by atoms with E-state index in [1.807, 2.05) is 16.7 Å². The van der Waals surface area contributed by atoms with Crippen molar-refractivity contribution >= 4 is 11.9 Å². The summed E-state index contributed by atoms with van der Waals surface area (Å²) in [5.74, 6) is -0.541. The van der Waals surface area contributed by atoms with E-state index in [2.05, 4.69) is 0 Å². The third-order valence-corrected chi connectivity index (χ3v) is 4.43. The molecule has 2 fully saturated rings. The van der Waals surface area contributed by atoms with Crippen LogP contribution in [0.15, 0.2) is 0 Å². The Hall–Kier alpha value is -1.10. The lowest BCUT2D eigenvalue weighted by atomic mass is 9.83. The first kappa shape index (κ1) is 14.3. The van der Waals surface area contributed by atoms with Crippen molar-refractivity contribution in [1.82, 2.24) is 9.80 Å². The molecule has 19 heavy (non-hydrogen) atoms. The maximum absolute atomic E-state index is 12.1. The van der Waals surface area contributed by atoms with Crippen LogP contribution < -0.4 is 0 Å². The van der Waals surface area contributed by atoms with Crippen LogP contribution in [0, 0.1) is 5.41 Å². The van der Waals surface area contributed by atoms with E-state index >= 15 is 0 Å². The summed E-state index contributed by atoms with van der Waals surface area (Å²) in [7, 11) is 0. The minimum Gasteiger partial charge on any atom is -0.481 e. The lowest BCUT2D eigenvalue weighted by Gasteiger charge is -2.25. The van der Waals surface area contributed by atoms with Crippen LogP contribution in [0.1, 0.15) is 39.0 Å². The Balaban J connectivity index is 1.90. The summed E-state index contributed by atoms with van der Waals surface area (Å²) in [6, 6.07) is 0. The van der Waals surface area contributed by atoms with Gasteiger partial charge in [-0.3, -0.25) is 14.5 Å². The Morgan fingerprint density at radius 1 is 1.21 bits per heavy atom. The molecule has 0 aliphatic carbocycles. The van der Waals surface area contributed by atoms with Crippen LogP contribution >= 0.6 is 0 Å². The SMILES string of the molecule is CCCC1(C(=O)O)CCN(CC(=O)N2CCCC2)C1. The second-order valence-electron chi connectivity index (χ2n) is 5.88. The average Bonchev–Trinajstić information content (AvgIpc) is 2.99. The van der Waals surface area contributed by atoms with Crippen LogP contribution in [-0.4, -0.2) is 59.5 Å². The number of carboxylic acid groups (broad SMARTS) is 1. The zero-order valence-electron chi connectivity index (χ0n) is 11.7. The van der Waals surface area contributed by atoms with E-state index < -0.39 is 11.4 Å². The molecule has 2 heterocycles. The molecule has 1 N–H and O–H groups in total. The van der Waals surface area contributed by atoms with Crippen molar-refractivity contribution < 1.29 is 14.7 Å². The Kier molecular flexibility index (Phi) is 4.45. The fourth-order valence-electron chi connectivity index (χ4n) is 3.32. The molecule has 0 radical (unpaired) electrons. The monoisotopic (exact) mass is 268 g/mol. The number of carbonyl (C=O) groups is 2. The van der Waals surface area contributed by atoms with E-state index in [9.17, 15) is 14.7 Å².